The van der Waals surface area contributed by atoms with Crippen LogP contribution in [0.15, 0.2) is 16.4 Å². The van der Waals surface area contributed by atoms with Crippen molar-refractivity contribution in [3.8, 4) is 12.1 Å². The smallest absolute Gasteiger partial charge is 0.173 e. The maximum Gasteiger partial charge on any atom is 0.173 e. The van der Waals surface area contributed by atoms with E-state index in [1.165, 1.54) is 0 Å². The maximum atomic E-state index is 8.15. The summed E-state index contributed by atoms with van der Waals surface area (Å²) in [6.07, 6.45) is 0. The summed E-state index contributed by atoms with van der Waals surface area (Å²) < 4.78 is 0. The van der Waals surface area contributed by atoms with E-state index in [4.69, 9.17) is 16.3 Å². The molecule has 0 unspecified atom stereocenters. The number of allylic oxidation sites excluding steroid dienone is 2. The fraction of sp³-hybridized carbons (Fsp3) is 0. The summed E-state index contributed by atoms with van der Waals surface area (Å²) in [6, 6.07) is 3.17. The van der Waals surface area contributed by atoms with Crippen molar-refractivity contribution in [1.29, 1.82) is 10.5 Å². The Bertz CT molecular complexity index is 224. The number of nitrogens with two attached hydrogens (primary N) is 1. The van der Waals surface area contributed by atoms with Gasteiger partial charge < -0.3 is 5.73 Å². The van der Waals surface area contributed by atoms with Gasteiger partial charge in [-0.05, 0) is 6.72 Å². The maximum absolute atomic E-state index is 8.15. The Labute approximate surface area is 52.5 Å². The zero-order valence-corrected chi connectivity index (χ0v) is 4.63. The highest BCUT2D eigenvalue weighted by Crippen LogP contribution is 1.94. The minimum atomic E-state index is -0.201. The Hall–Kier alpha value is -1.81. The molecule has 0 aromatic carbocycles. The van der Waals surface area contributed by atoms with Crippen molar-refractivity contribution in [2.75, 3.05) is 0 Å². The molecule has 0 aliphatic heterocycles. The van der Waals surface area contributed by atoms with Crippen LogP contribution in [0.25, 0.3) is 0 Å². The first-order chi connectivity index (χ1) is 4.26. The highest BCUT2D eigenvalue weighted by Gasteiger charge is 1.95. The van der Waals surface area contributed by atoms with Gasteiger partial charge in [-0.2, -0.15) is 10.5 Å². The summed E-state index contributed by atoms with van der Waals surface area (Å²) in [7, 11) is 0. The van der Waals surface area contributed by atoms with Gasteiger partial charge in [-0.15, -0.1) is 0 Å². The minimum Gasteiger partial charge on any atom is -0.388 e. The first kappa shape index (κ1) is 7.19. The molecular weight excluding hydrogens is 116 g/mol. The van der Waals surface area contributed by atoms with Gasteiger partial charge in [0.25, 0.3) is 0 Å². The fourth-order valence-electron chi connectivity index (χ4n) is 0.234. The Kier molecular flexibility index (Phi) is 2.58. The van der Waals surface area contributed by atoms with E-state index < -0.39 is 0 Å². The Morgan fingerprint density at radius 3 is 2.11 bits per heavy atom. The second-order valence-electron chi connectivity index (χ2n) is 1.14. The lowest BCUT2D eigenvalue weighted by Gasteiger charge is -1.84. The molecule has 0 saturated carbocycles. The van der Waals surface area contributed by atoms with Crippen LogP contribution in [0.5, 0.6) is 0 Å². The van der Waals surface area contributed by atoms with Crippen molar-refractivity contribution in [2.24, 2.45) is 10.7 Å². The molecule has 2 N–H and O–H groups in total. The molecule has 0 bridgehead atoms. The summed E-state index contributed by atoms with van der Waals surface area (Å²) >= 11 is 0. The minimum absolute atomic E-state index is 0.127. The van der Waals surface area contributed by atoms with Crippen LogP contribution in [0.3, 0.4) is 0 Å². The van der Waals surface area contributed by atoms with E-state index >= 15 is 0 Å². The van der Waals surface area contributed by atoms with Crippen molar-refractivity contribution >= 4 is 6.72 Å². The number of hydrogen-bond donors (Lipinski definition) is 1. The summed E-state index contributed by atoms with van der Waals surface area (Å²) in [5, 5.41) is 16.3. The van der Waals surface area contributed by atoms with Crippen LogP contribution in [0.1, 0.15) is 0 Å². The summed E-state index contributed by atoms with van der Waals surface area (Å²) in [4.78, 5) is 3.20. The zero-order valence-electron chi connectivity index (χ0n) is 4.63. The molecule has 0 amide bonds. The van der Waals surface area contributed by atoms with Crippen molar-refractivity contribution in [2.45, 2.75) is 0 Å². The number of nitrogens with zero attached hydrogens (tertiary/aromatic N) is 3. The molecule has 4 nitrogen and oxygen atoms in total. The molecule has 44 valence electrons. The summed E-state index contributed by atoms with van der Waals surface area (Å²) in [6.45, 7) is 3.04. The van der Waals surface area contributed by atoms with Crippen LogP contribution < -0.4 is 5.73 Å². The summed E-state index contributed by atoms with van der Waals surface area (Å²) in [5.41, 5.74) is 4.67. The average molecular weight is 120 g/mol. The Morgan fingerprint density at radius 1 is 1.44 bits per heavy atom. The molecule has 4 heteroatoms. The molecule has 0 spiro atoms. The van der Waals surface area contributed by atoms with Crippen LogP contribution in [0, 0.1) is 22.7 Å². The molecule has 0 radical (unpaired) electrons. The number of nitriles is 2. The van der Waals surface area contributed by atoms with Gasteiger partial charge >= 0.3 is 0 Å². The van der Waals surface area contributed by atoms with Gasteiger partial charge in [0.15, 0.2) is 5.70 Å². The second-order valence-corrected chi connectivity index (χ2v) is 1.14. The molecule has 0 saturated heterocycles. The van der Waals surface area contributed by atoms with Gasteiger partial charge in [-0.1, -0.05) is 0 Å². The lowest BCUT2D eigenvalue weighted by atomic mass is 10.4. The lowest BCUT2D eigenvalue weighted by molar-refractivity contribution is 1.28. The molecule has 0 aliphatic rings. The second kappa shape index (κ2) is 3.23. The number of hydrogen-bond acceptors (Lipinski definition) is 4. The van der Waals surface area contributed by atoms with Crippen LogP contribution in [0.2, 0.25) is 0 Å². The molecule has 0 aromatic heterocycles. The van der Waals surface area contributed by atoms with Crippen LogP contribution in [0.4, 0.5) is 0 Å². The first-order valence-electron chi connectivity index (χ1n) is 2.03. The van der Waals surface area contributed by atoms with Crippen LogP contribution in [-0.4, -0.2) is 6.72 Å². The lowest BCUT2D eigenvalue weighted by Crippen LogP contribution is -1.96. The summed E-state index contributed by atoms with van der Waals surface area (Å²) in [5.74, 6) is 0. The van der Waals surface area contributed by atoms with E-state index in [0.717, 1.165) is 0 Å². The third-order valence-electron chi connectivity index (χ3n) is 0.640. The first-order valence-corrected chi connectivity index (χ1v) is 2.03. The van der Waals surface area contributed by atoms with E-state index in [1.54, 1.807) is 12.1 Å². The monoisotopic (exact) mass is 120 g/mol. The topological polar surface area (TPSA) is 86.0 Å². The largest absolute Gasteiger partial charge is 0.388 e. The van der Waals surface area contributed by atoms with Gasteiger partial charge in [0.05, 0.1) is 0 Å². The van der Waals surface area contributed by atoms with Crippen molar-refractivity contribution < 1.29 is 0 Å². The molecule has 0 fully saturated rings. The number of rotatable bonds is 1. The van der Waals surface area contributed by atoms with E-state index in [0.29, 0.717) is 0 Å². The van der Waals surface area contributed by atoms with Gasteiger partial charge in [0.2, 0.25) is 0 Å². The third-order valence-corrected chi connectivity index (χ3v) is 0.640. The highest BCUT2D eigenvalue weighted by atomic mass is 14.8. The van der Waals surface area contributed by atoms with Gasteiger partial charge in [-0.3, -0.25) is 4.99 Å². The van der Waals surface area contributed by atoms with E-state index in [9.17, 15) is 0 Å². The predicted octanol–water partition coefficient (Wildman–Crippen LogP) is -0.0955. The molecule has 9 heavy (non-hydrogen) atoms. The van der Waals surface area contributed by atoms with Crippen molar-refractivity contribution in [3.63, 3.8) is 0 Å². The standard InChI is InChI=1S/C5H4N4/c1-9-5(3-7)4(8)2-6/h1,8H2/b5-4-. The Morgan fingerprint density at radius 2 is 2.00 bits per heavy atom. The highest BCUT2D eigenvalue weighted by molar-refractivity contribution is 5.40. The van der Waals surface area contributed by atoms with Crippen molar-refractivity contribution in [3.05, 3.63) is 11.4 Å². The molecule has 0 rings (SSSR count). The molecule has 0 atom stereocenters. The van der Waals surface area contributed by atoms with Gasteiger partial charge in [0, 0.05) is 0 Å². The number of aliphatic imine (C=N–C) groups is 1. The zero-order chi connectivity index (χ0) is 7.28. The van der Waals surface area contributed by atoms with Gasteiger partial charge in [0.1, 0.15) is 17.8 Å². The normalized spacial score (nSPS) is 10.4. The van der Waals surface area contributed by atoms with Gasteiger partial charge in [-0.25, -0.2) is 0 Å². The molecule has 0 aromatic rings. The molecular formula is C5H4N4. The average Bonchev–Trinajstić information content (AvgIpc) is 1.90. The quantitative estimate of drug-likeness (QED) is 0.387. The molecule has 0 heterocycles. The van der Waals surface area contributed by atoms with Crippen LogP contribution in [-0.2, 0) is 0 Å². The van der Waals surface area contributed by atoms with E-state index in [2.05, 4.69) is 11.7 Å². The SMILES string of the molecule is C=N/C(C#N)=C(\N)C#N. The Balaban J connectivity index is 4.70. The van der Waals surface area contributed by atoms with E-state index in [-0.39, 0.29) is 11.4 Å². The van der Waals surface area contributed by atoms with Crippen molar-refractivity contribution in [1.82, 2.24) is 0 Å². The fourth-order valence-corrected chi connectivity index (χ4v) is 0.234. The van der Waals surface area contributed by atoms with Crippen LogP contribution >= 0.6 is 0 Å². The predicted molar refractivity (Wildman–Crippen MR) is 32.0 cm³/mol. The third kappa shape index (κ3) is 1.62. The van der Waals surface area contributed by atoms with E-state index in [1.807, 2.05) is 0 Å². The molecule has 0 aliphatic carbocycles.